The molecule has 0 spiro atoms. The first-order valence-corrected chi connectivity index (χ1v) is 14.8. The summed E-state index contributed by atoms with van der Waals surface area (Å²) < 4.78 is 11.6. The minimum absolute atomic E-state index is 0.257. The number of likely N-dealkylation sites (tertiary alicyclic amines) is 2. The van der Waals surface area contributed by atoms with Crippen LogP contribution in [0.25, 0.3) is 0 Å². The van der Waals surface area contributed by atoms with Crippen LogP contribution in [0.5, 0.6) is 0 Å². The van der Waals surface area contributed by atoms with Crippen molar-refractivity contribution in [2.75, 3.05) is 20.1 Å². The van der Waals surface area contributed by atoms with E-state index in [1.165, 1.54) is 21.7 Å². The van der Waals surface area contributed by atoms with E-state index in [1.54, 1.807) is 34.6 Å². The van der Waals surface area contributed by atoms with Gasteiger partial charge in [-0.25, -0.2) is 9.59 Å². The molecule has 11 nitrogen and oxygen atoms in total. The highest BCUT2D eigenvalue weighted by molar-refractivity contribution is 5.93. The number of esters is 1. The minimum atomic E-state index is -1.19. The lowest BCUT2D eigenvalue weighted by atomic mass is 9.98. The molecular formula is C31H45N3O8. The summed E-state index contributed by atoms with van der Waals surface area (Å²) in [6.07, 6.45) is -0.00266. The highest BCUT2D eigenvalue weighted by atomic mass is 16.6. The number of aliphatic carboxylic acids is 1. The lowest BCUT2D eigenvalue weighted by molar-refractivity contribution is -0.171. The van der Waals surface area contributed by atoms with Crippen molar-refractivity contribution >= 4 is 29.7 Å². The number of carboxylic acid groups (broad SMARTS) is 1. The van der Waals surface area contributed by atoms with E-state index < -0.39 is 60.0 Å². The topological polar surface area (TPSA) is 134 Å². The molecule has 0 bridgehead atoms. The molecule has 1 aromatic rings. The number of carbonyl (C=O) groups is 5. The summed E-state index contributed by atoms with van der Waals surface area (Å²) in [6, 6.07) is 6.79. The summed E-state index contributed by atoms with van der Waals surface area (Å²) in [4.78, 5) is 69.6. The van der Waals surface area contributed by atoms with Gasteiger partial charge in [-0.1, -0.05) is 58.0 Å². The molecule has 2 aliphatic rings. The maximum Gasteiger partial charge on any atom is 0.329 e. The molecule has 0 radical (unpaired) electrons. The van der Waals surface area contributed by atoms with Crippen LogP contribution in [0.3, 0.4) is 0 Å². The van der Waals surface area contributed by atoms with Crippen molar-refractivity contribution in [2.45, 2.75) is 97.2 Å². The average molecular weight is 588 g/mol. The zero-order valence-corrected chi connectivity index (χ0v) is 25.5. The predicted octanol–water partition coefficient (Wildman–Crippen LogP) is 2.71. The Morgan fingerprint density at radius 1 is 0.881 bits per heavy atom. The third-order valence-electron chi connectivity index (χ3n) is 8.06. The fraction of sp³-hybridized carbons (Fsp3) is 0.645. The molecule has 0 aromatic heterocycles. The molecule has 2 heterocycles. The summed E-state index contributed by atoms with van der Waals surface area (Å²) >= 11 is 0. The van der Waals surface area contributed by atoms with Gasteiger partial charge in [0.1, 0.15) is 24.2 Å². The van der Waals surface area contributed by atoms with Crippen LogP contribution in [-0.2, 0) is 40.1 Å². The van der Waals surface area contributed by atoms with Crippen molar-refractivity contribution < 1.29 is 38.6 Å². The quantitative estimate of drug-likeness (QED) is 0.369. The molecular weight excluding hydrogens is 542 g/mol. The number of hydrogen-bond acceptors (Lipinski definition) is 7. The number of amides is 3. The van der Waals surface area contributed by atoms with E-state index in [9.17, 15) is 29.1 Å². The van der Waals surface area contributed by atoms with Crippen molar-refractivity contribution in [1.82, 2.24) is 14.7 Å². The predicted molar refractivity (Wildman–Crippen MR) is 154 cm³/mol. The van der Waals surface area contributed by atoms with Gasteiger partial charge in [-0.3, -0.25) is 14.4 Å². The molecule has 11 heteroatoms. The normalized spacial score (nSPS) is 20.9. The van der Waals surface area contributed by atoms with E-state index in [4.69, 9.17) is 9.47 Å². The molecule has 3 rings (SSSR count). The van der Waals surface area contributed by atoms with E-state index >= 15 is 0 Å². The van der Waals surface area contributed by atoms with Crippen molar-refractivity contribution in [3.8, 4) is 0 Å². The third-order valence-corrected chi connectivity index (χ3v) is 8.06. The van der Waals surface area contributed by atoms with Crippen LogP contribution in [0.1, 0.15) is 65.9 Å². The first-order valence-electron chi connectivity index (χ1n) is 14.8. The van der Waals surface area contributed by atoms with Crippen LogP contribution in [0, 0.1) is 11.8 Å². The maximum absolute atomic E-state index is 13.7. The SMILES string of the molecule is CC(C)C(OC(=O)[C@@H]1CCCN1C(=O)[C@H](C)OCc1ccccc1)C(=O)N(C)[C@H](C(=O)N1CCCC1C(=O)O)C(C)C. The highest BCUT2D eigenvalue weighted by Gasteiger charge is 2.44. The fourth-order valence-corrected chi connectivity index (χ4v) is 5.74. The second-order valence-electron chi connectivity index (χ2n) is 11.9. The number of carbonyl (C=O) groups excluding carboxylic acids is 4. The summed E-state index contributed by atoms with van der Waals surface area (Å²) in [5.74, 6) is -3.77. The number of ether oxygens (including phenoxy) is 2. The number of rotatable bonds is 12. The molecule has 2 saturated heterocycles. The first kappa shape index (κ1) is 33.0. The van der Waals surface area contributed by atoms with E-state index in [0.29, 0.717) is 38.8 Å². The lowest BCUT2D eigenvalue weighted by Gasteiger charge is -2.37. The fourth-order valence-electron chi connectivity index (χ4n) is 5.74. The van der Waals surface area contributed by atoms with Crippen LogP contribution in [0.15, 0.2) is 30.3 Å². The van der Waals surface area contributed by atoms with Crippen molar-refractivity contribution in [1.29, 1.82) is 0 Å². The Hall–Kier alpha value is -3.47. The molecule has 0 aliphatic carbocycles. The van der Waals surface area contributed by atoms with Gasteiger partial charge in [-0.05, 0) is 50.0 Å². The average Bonchev–Trinajstić information content (AvgIpc) is 3.64. The standard InChI is InChI=1S/C31H45N3O8/c1-19(2)25(28(36)33-16-10-14-23(33)30(38)39)32(6)29(37)26(20(3)4)42-31(40)24-15-11-17-34(24)27(35)21(5)41-18-22-12-8-7-9-13-22/h7-9,12-13,19-21,23-26H,10-11,14-18H2,1-6H3,(H,38,39)/t21-,23?,24-,25-,26?/m0/s1. The molecule has 42 heavy (non-hydrogen) atoms. The van der Waals surface area contributed by atoms with Gasteiger partial charge in [0.05, 0.1) is 6.61 Å². The Kier molecular flexibility index (Phi) is 11.5. The molecule has 2 fully saturated rings. The van der Waals surface area contributed by atoms with Gasteiger partial charge in [0.15, 0.2) is 6.10 Å². The Balaban J connectivity index is 1.69. The summed E-state index contributed by atoms with van der Waals surface area (Å²) in [6.45, 7) is 9.66. The Bertz CT molecular complexity index is 1120. The van der Waals surface area contributed by atoms with E-state index in [0.717, 1.165) is 5.56 Å². The van der Waals surface area contributed by atoms with Crippen LogP contribution >= 0.6 is 0 Å². The number of benzene rings is 1. The number of likely N-dealkylation sites (N-methyl/N-ethyl adjacent to an activating group) is 1. The monoisotopic (exact) mass is 587 g/mol. The van der Waals surface area contributed by atoms with E-state index in [1.807, 2.05) is 30.3 Å². The number of carboxylic acids is 1. The van der Waals surface area contributed by atoms with E-state index in [-0.39, 0.29) is 18.4 Å². The van der Waals surface area contributed by atoms with Gasteiger partial charge in [0.25, 0.3) is 11.8 Å². The molecule has 5 atom stereocenters. The van der Waals surface area contributed by atoms with Crippen LogP contribution in [0.4, 0.5) is 0 Å². The Labute approximate surface area is 248 Å². The van der Waals surface area contributed by atoms with Gasteiger partial charge >= 0.3 is 11.9 Å². The molecule has 232 valence electrons. The van der Waals surface area contributed by atoms with Crippen molar-refractivity contribution in [3.05, 3.63) is 35.9 Å². The molecule has 3 amide bonds. The highest BCUT2D eigenvalue weighted by Crippen LogP contribution is 2.26. The zero-order chi connectivity index (χ0) is 31.1. The van der Waals surface area contributed by atoms with Crippen LogP contribution in [-0.4, -0.2) is 99.9 Å². The zero-order valence-electron chi connectivity index (χ0n) is 25.5. The molecule has 1 N–H and O–H groups in total. The lowest BCUT2D eigenvalue weighted by Crippen LogP contribution is -2.57. The van der Waals surface area contributed by atoms with E-state index in [2.05, 4.69) is 0 Å². The minimum Gasteiger partial charge on any atom is -0.480 e. The Morgan fingerprint density at radius 3 is 2.00 bits per heavy atom. The van der Waals surface area contributed by atoms with Crippen molar-refractivity contribution in [2.24, 2.45) is 11.8 Å². The second-order valence-corrected chi connectivity index (χ2v) is 11.9. The molecule has 0 saturated carbocycles. The number of nitrogens with zero attached hydrogens (tertiary/aromatic N) is 3. The summed E-state index contributed by atoms with van der Waals surface area (Å²) in [5.41, 5.74) is 0.929. The number of hydrogen-bond donors (Lipinski definition) is 1. The van der Waals surface area contributed by atoms with Gasteiger partial charge < -0.3 is 29.3 Å². The van der Waals surface area contributed by atoms with Crippen molar-refractivity contribution in [3.63, 3.8) is 0 Å². The van der Waals surface area contributed by atoms with Crippen LogP contribution < -0.4 is 0 Å². The second kappa shape index (κ2) is 14.6. The Morgan fingerprint density at radius 2 is 1.45 bits per heavy atom. The first-order chi connectivity index (χ1) is 19.8. The largest absolute Gasteiger partial charge is 0.480 e. The maximum atomic E-state index is 13.7. The van der Waals surface area contributed by atoms with Crippen LogP contribution in [0.2, 0.25) is 0 Å². The molecule has 2 unspecified atom stereocenters. The summed E-state index contributed by atoms with van der Waals surface area (Å²) in [7, 11) is 1.48. The molecule has 1 aromatic carbocycles. The molecule has 2 aliphatic heterocycles. The van der Waals surface area contributed by atoms with Gasteiger partial charge in [-0.15, -0.1) is 0 Å². The third kappa shape index (κ3) is 7.67. The van der Waals surface area contributed by atoms with Gasteiger partial charge in [0.2, 0.25) is 5.91 Å². The van der Waals surface area contributed by atoms with Gasteiger partial charge in [-0.2, -0.15) is 0 Å². The van der Waals surface area contributed by atoms with Gasteiger partial charge in [0, 0.05) is 20.1 Å². The summed E-state index contributed by atoms with van der Waals surface area (Å²) in [5, 5.41) is 9.57. The smallest absolute Gasteiger partial charge is 0.329 e.